The Balaban J connectivity index is 2.36. The SMILES string of the molecule is CC1CN(c2cc(N)ccc2C(=O)N(C)C)CCO1. The van der Waals surface area contributed by atoms with Crippen LogP contribution in [0.4, 0.5) is 11.4 Å². The van der Waals surface area contributed by atoms with Gasteiger partial charge in [-0.15, -0.1) is 0 Å². The number of nitrogens with zero attached hydrogens (tertiary/aromatic N) is 2. The highest BCUT2D eigenvalue weighted by molar-refractivity contribution is 6.00. The second-order valence-corrected chi connectivity index (χ2v) is 5.10. The molecule has 0 spiro atoms. The van der Waals surface area contributed by atoms with Crippen molar-refractivity contribution >= 4 is 17.3 Å². The Morgan fingerprint density at radius 2 is 2.21 bits per heavy atom. The normalized spacial score (nSPS) is 19.3. The molecule has 1 fully saturated rings. The van der Waals surface area contributed by atoms with Crippen LogP contribution in [0.15, 0.2) is 18.2 Å². The average Bonchev–Trinajstić information content (AvgIpc) is 2.37. The Hall–Kier alpha value is -1.75. The molecule has 2 N–H and O–H groups in total. The molecule has 5 heteroatoms. The lowest BCUT2D eigenvalue weighted by atomic mass is 10.1. The van der Waals surface area contributed by atoms with Gasteiger partial charge < -0.3 is 20.3 Å². The molecule has 0 saturated carbocycles. The van der Waals surface area contributed by atoms with Gasteiger partial charge in [0.2, 0.25) is 0 Å². The van der Waals surface area contributed by atoms with Crippen LogP contribution in [0.3, 0.4) is 0 Å². The van der Waals surface area contributed by atoms with E-state index in [9.17, 15) is 4.79 Å². The molecule has 1 heterocycles. The first-order valence-corrected chi connectivity index (χ1v) is 6.46. The predicted octanol–water partition coefficient (Wildman–Crippen LogP) is 1.20. The number of rotatable bonds is 2. The maximum Gasteiger partial charge on any atom is 0.255 e. The van der Waals surface area contributed by atoms with Crippen molar-refractivity contribution in [1.82, 2.24) is 4.90 Å². The molecular weight excluding hydrogens is 242 g/mol. The molecule has 1 aliphatic heterocycles. The number of anilines is 2. The molecule has 0 radical (unpaired) electrons. The van der Waals surface area contributed by atoms with Gasteiger partial charge in [0.05, 0.1) is 24.0 Å². The van der Waals surface area contributed by atoms with Crippen molar-refractivity contribution < 1.29 is 9.53 Å². The Morgan fingerprint density at radius 3 is 2.84 bits per heavy atom. The molecule has 1 atom stereocenters. The van der Waals surface area contributed by atoms with E-state index >= 15 is 0 Å². The number of carbonyl (C=O) groups is 1. The number of hydrogen-bond donors (Lipinski definition) is 1. The van der Waals surface area contributed by atoms with Crippen LogP contribution in [-0.2, 0) is 4.74 Å². The van der Waals surface area contributed by atoms with Gasteiger partial charge in [-0.05, 0) is 25.1 Å². The van der Waals surface area contributed by atoms with Gasteiger partial charge in [0.15, 0.2) is 0 Å². The molecule has 1 unspecified atom stereocenters. The monoisotopic (exact) mass is 263 g/mol. The number of amides is 1. The third-order valence-corrected chi connectivity index (χ3v) is 3.24. The van der Waals surface area contributed by atoms with Gasteiger partial charge in [-0.1, -0.05) is 0 Å². The molecule has 1 amide bonds. The fraction of sp³-hybridized carbons (Fsp3) is 0.500. The second-order valence-electron chi connectivity index (χ2n) is 5.10. The molecule has 0 bridgehead atoms. The summed E-state index contributed by atoms with van der Waals surface area (Å²) in [6, 6.07) is 5.44. The minimum atomic E-state index is -0.00542. The number of benzene rings is 1. The van der Waals surface area contributed by atoms with E-state index in [1.54, 1.807) is 31.1 Å². The summed E-state index contributed by atoms with van der Waals surface area (Å²) in [7, 11) is 3.51. The average molecular weight is 263 g/mol. The van der Waals surface area contributed by atoms with Crippen LogP contribution >= 0.6 is 0 Å². The third kappa shape index (κ3) is 2.98. The fourth-order valence-electron chi connectivity index (χ4n) is 2.27. The van der Waals surface area contributed by atoms with Crippen LogP contribution in [-0.4, -0.2) is 50.7 Å². The van der Waals surface area contributed by atoms with Crippen molar-refractivity contribution in [2.24, 2.45) is 0 Å². The molecule has 1 aromatic rings. The second kappa shape index (κ2) is 5.48. The number of nitrogens with two attached hydrogens (primary N) is 1. The largest absolute Gasteiger partial charge is 0.399 e. The summed E-state index contributed by atoms with van der Waals surface area (Å²) in [6.07, 6.45) is 0.164. The molecule has 0 aliphatic carbocycles. The third-order valence-electron chi connectivity index (χ3n) is 3.24. The summed E-state index contributed by atoms with van der Waals surface area (Å²) in [5, 5.41) is 0. The molecule has 104 valence electrons. The van der Waals surface area contributed by atoms with Gasteiger partial charge in [0, 0.05) is 32.9 Å². The van der Waals surface area contributed by atoms with Crippen molar-refractivity contribution in [3.8, 4) is 0 Å². The van der Waals surface area contributed by atoms with E-state index in [1.807, 2.05) is 13.0 Å². The molecule has 1 saturated heterocycles. The number of ether oxygens (including phenoxy) is 1. The van der Waals surface area contributed by atoms with Crippen molar-refractivity contribution in [2.75, 3.05) is 44.4 Å². The topological polar surface area (TPSA) is 58.8 Å². The summed E-state index contributed by atoms with van der Waals surface area (Å²) in [5.74, 6) is -0.00542. The van der Waals surface area contributed by atoms with E-state index < -0.39 is 0 Å². The van der Waals surface area contributed by atoms with Crippen LogP contribution in [0.1, 0.15) is 17.3 Å². The van der Waals surface area contributed by atoms with Crippen molar-refractivity contribution in [3.63, 3.8) is 0 Å². The molecule has 5 nitrogen and oxygen atoms in total. The summed E-state index contributed by atoms with van der Waals surface area (Å²) >= 11 is 0. The Kier molecular flexibility index (Phi) is 3.95. The lowest BCUT2D eigenvalue weighted by molar-refractivity contribution is 0.0530. The predicted molar refractivity (Wildman–Crippen MR) is 76.5 cm³/mol. The van der Waals surface area contributed by atoms with Crippen molar-refractivity contribution in [1.29, 1.82) is 0 Å². The smallest absolute Gasteiger partial charge is 0.255 e. The standard InChI is InChI=1S/C14H21N3O2/c1-10-9-17(6-7-19-10)13-8-11(15)4-5-12(13)14(18)16(2)3/h4-5,8,10H,6-7,9,15H2,1-3H3. The van der Waals surface area contributed by atoms with Gasteiger partial charge in [-0.25, -0.2) is 0 Å². The highest BCUT2D eigenvalue weighted by Gasteiger charge is 2.22. The van der Waals surface area contributed by atoms with Crippen LogP contribution in [0.5, 0.6) is 0 Å². The Bertz CT molecular complexity index is 474. The summed E-state index contributed by atoms with van der Waals surface area (Å²) < 4.78 is 5.54. The maximum atomic E-state index is 12.2. The minimum Gasteiger partial charge on any atom is -0.399 e. The van der Waals surface area contributed by atoms with Gasteiger partial charge in [-0.3, -0.25) is 4.79 Å². The van der Waals surface area contributed by atoms with E-state index in [-0.39, 0.29) is 12.0 Å². The van der Waals surface area contributed by atoms with Crippen molar-refractivity contribution in [3.05, 3.63) is 23.8 Å². The molecule has 19 heavy (non-hydrogen) atoms. The van der Waals surface area contributed by atoms with Crippen LogP contribution in [0.2, 0.25) is 0 Å². The lowest BCUT2D eigenvalue weighted by Gasteiger charge is -2.34. The lowest BCUT2D eigenvalue weighted by Crippen LogP contribution is -2.42. The maximum absolute atomic E-state index is 12.2. The molecule has 0 aromatic heterocycles. The molecular formula is C14H21N3O2. The van der Waals surface area contributed by atoms with E-state index in [2.05, 4.69) is 4.90 Å². The number of hydrogen-bond acceptors (Lipinski definition) is 4. The number of carbonyl (C=O) groups excluding carboxylic acids is 1. The zero-order valence-corrected chi connectivity index (χ0v) is 11.7. The van der Waals surface area contributed by atoms with E-state index in [0.717, 1.165) is 18.8 Å². The van der Waals surface area contributed by atoms with Gasteiger partial charge >= 0.3 is 0 Å². The van der Waals surface area contributed by atoms with Crippen molar-refractivity contribution in [2.45, 2.75) is 13.0 Å². The fourth-order valence-corrected chi connectivity index (χ4v) is 2.27. The van der Waals surface area contributed by atoms with Crippen LogP contribution in [0.25, 0.3) is 0 Å². The zero-order chi connectivity index (χ0) is 14.0. The minimum absolute atomic E-state index is 0.00542. The highest BCUT2D eigenvalue weighted by atomic mass is 16.5. The molecule has 1 aromatic carbocycles. The van der Waals surface area contributed by atoms with Gasteiger partial charge in [0.25, 0.3) is 5.91 Å². The Morgan fingerprint density at radius 1 is 1.47 bits per heavy atom. The van der Waals surface area contributed by atoms with Gasteiger partial charge in [0.1, 0.15) is 0 Å². The molecule has 1 aliphatic rings. The molecule has 2 rings (SSSR count). The van der Waals surface area contributed by atoms with E-state index in [1.165, 1.54) is 0 Å². The number of nitrogen functional groups attached to an aromatic ring is 1. The van der Waals surface area contributed by atoms with Crippen LogP contribution in [0, 0.1) is 0 Å². The van der Waals surface area contributed by atoms with Gasteiger partial charge in [-0.2, -0.15) is 0 Å². The quantitative estimate of drug-likeness (QED) is 0.814. The summed E-state index contributed by atoms with van der Waals surface area (Å²) in [6.45, 7) is 4.26. The first kappa shape index (κ1) is 13.7. The number of morpholine rings is 1. The summed E-state index contributed by atoms with van der Waals surface area (Å²) in [5.41, 5.74) is 8.12. The van der Waals surface area contributed by atoms with E-state index in [0.29, 0.717) is 17.9 Å². The highest BCUT2D eigenvalue weighted by Crippen LogP contribution is 2.26. The Labute approximate surface area is 113 Å². The first-order chi connectivity index (χ1) is 8.99. The first-order valence-electron chi connectivity index (χ1n) is 6.46. The van der Waals surface area contributed by atoms with E-state index in [4.69, 9.17) is 10.5 Å². The zero-order valence-electron chi connectivity index (χ0n) is 11.7. The van der Waals surface area contributed by atoms with Crippen LogP contribution < -0.4 is 10.6 Å². The summed E-state index contributed by atoms with van der Waals surface area (Å²) in [4.78, 5) is 16.0.